The number of carbonyl (C=O) groups excluding carboxylic acids is 1. The molecule has 0 bridgehead atoms. The average Bonchev–Trinajstić information content (AvgIpc) is 2.82. The van der Waals surface area contributed by atoms with Crippen molar-refractivity contribution >= 4 is 5.91 Å². The summed E-state index contributed by atoms with van der Waals surface area (Å²) in [6.07, 6.45) is 0.770. The number of likely N-dealkylation sites (tertiary alicyclic amines) is 1. The van der Waals surface area contributed by atoms with Crippen molar-refractivity contribution in [3.63, 3.8) is 0 Å². The number of aliphatic hydroxyl groups is 1. The summed E-state index contributed by atoms with van der Waals surface area (Å²) in [4.78, 5) is 13.5. The number of rotatable bonds is 6. The highest BCUT2D eigenvalue weighted by Crippen LogP contribution is 2.29. The predicted molar refractivity (Wildman–Crippen MR) is 82.5 cm³/mol. The average molecular weight is 291 g/mol. The van der Waals surface area contributed by atoms with Gasteiger partial charge in [0.1, 0.15) is 0 Å². The zero-order valence-corrected chi connectivity index (χ0v) is 12.5. The Morgan fingerprint density at radius 1 is 1.43 bits per heavy atom. The van der Waals surface area contributed by atoms with Crippen LogP contribution in [0.3, 0.4) is 0 Å². The minimum Gasteiger partial charge on any atom is -0.390 e. The first-order valence-corrected chi connectivity index (χ1v) is 7.40. The van der Waals surface area contributed by atoms with Gasteiger partial charge in [0.15, 0.2) is 0 Å². The molecule has 5 nitrogen and oxygen atoms in total. The highest BCUT2D eigenvalue weighted by atomic mass is 16.3. The lowest BCUT2D eigenvalue weighted by Gasteiger charge is -2.26. The molecule has 1 amide bonds. The van der Waals surface area contributed by atoms with E-state index in [1.165, 1.54) is 0 Å². The lowest BCUT2D eigenvalue weighted by molar-refractivity contribution is -0.126. The van der Waals surface area contributed by atoms with Crippen LogP contribution in [0, 0.1) is 5.41 Å². The van der Waals surface area contributed by atoms with Crippen molar-refractivity contribution in [2.45, 2.75) is 31.9 Å². The van der Waals surface area contributed by atoms with Crippen LogP contribution in [0.4, 0.5) is 0 Å². The van der Waals surface area contributed by atoms with Crippen molar-refractivity contribution in [1.82, 2.24) is 4.90 Å². The third-order valence-corrected chi connectivity index (χ3v) is 4.40. The molecule has 0 saturated carbocycles. The molecule has 3 unspecified atom stereocenters. The topological polar surface area (TPSA) is 92.6 Å². The molecule has 1 heterocycles. The fourth-order valence-electron chi connectivity index (χ4n) is 2.84. The molecule has 1 aromatic rings. The zero-order chi connectivity index (χ0) is 15.5. The highest BCUT2D eigenvalue weighted by molar-refractivity contribution is 5.81. The van der Waals surface area contributed by atoms with Crippen LogP contribution in [0.2, 0.25) is 0 Å². The van der Waals surface area contributed by atoms with Gasteiger partial charge >= 0.3 is 0 Å². The SMILES string of the molecule is CC1(C(N)=O)CCN(CC(O)C(N)Cc2ccccc2)C1. The van der Waals surface area contributed by atoms with Gasteiger partial charge in [0.25, 0.3) is 0 Å². The Labute approximate surface area is 125 Å². The van der Waals surface area contributed by atoms with Crippen molar-refractivity contribution in [2.24, 2.45) is 16.9 Å². The lowest BCUT2D eigenvalue weighted by Crippen LogP contribution is -2.45. The quantitative estimate of drug-likeness (QED) is 0.694. The predicted octanol–water partition coefficient (Wildman–Crippen LogP) is 0.115. The summed E-state index contributed by atoms with van der Waals surface area (Å²) in [6, 6.07) is 9.59. The molecule has 3 atom stereocenters. The van der Waals surface area contributed by atoms with Crippen LogP contribution < -0.4 is 11.5 Å². The van der Waals surface area contributed by atoms with Crippen LogP contribution >= 0.6 is 0 Å². The second kappa shape index (κ2) is 6.56. The van der Waals surface area contributed by atoms with E-state index < -0.39 is 11.5 Å². The molecule has 21 heavy (non-hydrogen) atoms. The number of primary amides is 1. The number of carbonyl (C=O) groups is 1. The summed E-state index contributed by atoms with van der Waals surface area (Å²) in [7, 11) is 0. The lowest BCUT2D eigenvalue weighted by atomic mass is 9.89. The van der Waals surface area contributed by atoms with Crippen molar-refractivity contribution < 1.29 is 9.90 Å². The summed E-state index contributed by atoms with van der Waals surface area (Å²) in [5.74, 6) is -0.270. The summed E-state index contributed by atoms with van der Waals surface area (Å²) < 4.78 is 0. The number of hydrogen-bond donors (Lipinski definition) is 3. The van der Waals surface area contributed by atoms with Gasteiger partial charge in [-0.2, -0.15) is 0 Å². The van der Waals surface area contributed by atoms with Crippen LogP contribution in [0.25, 0.3) is 0 Å². The molecule has 1 aliphatic heterocycles. The molecule has 1 saturated heterocycles. The van der Waals surface area contributed by atoms with Gasteiger partial charge in [-0.3, -0.25) is 9.69 Å². The minimum atomic E-state index is -0.611. The Hall–Kier alpha value is -1.43. The van der Waals surface area contributed by atoms with E-state index in [2.05, 4.69) is 4.90 Å². The van der Waals surface area contributed by atoms with Gasteiger partial charge < -0.3 is 16.6 Å². The fraction of sp³-hybridized carbons (Fsp3) is 0.562. The number of benzene rings is 1. The molecular formula is C16H25N3O2. The van der Waals surface area contributed by atoms with Gasteiger partial charge in [-0.15, -0.1) is 0 Å². The van der Waals surface area contributed by atoms with Gasteiger partial charge in [0.2, 0.25) is 5.91 Å². The molecule has 0 aromatic heterocycles. The van der Waals surface area contributed by atoms with Crippen LogP contribution in [0.15, 0.2) is 30.3 Å². The van der Waals surface area contributed by atoms with Gasteiger partial charge in [-0.05, 0) is 31.9 Å². The molecule has 2 rings (SSSR count). The monoisotopic (exact) mass is 291 g/mol. The third kappa shape index (κ3) is 4.03. The van der Waals surface area contributed by atoms with E-state index >= 15 is 0 Å². The maximum Gasteiger partial charge on any atom is 0.224 e. The number of nitrogens with zero attached hydrogens (tertiary/aromatic N) is 1. The Bertz CT molecular complexity index is 480. The van der Waals surface area contributed by atoms with Crippen molar-refractivity contribution in [3.05, 3.63) is 35.9 Å². The fourth-order valence-corrected chi connectivity index (χ4v) is 2.84. The van der Waals surface area contributed by atoms with E-state index in [0.29, 0.717) is 19.5 Å². The van der Waals surface area contributed by atoms with Gasteiger partial charge in [-0.1, -0.05) is 30.3 Å². The van der Waals surface area contributed by atoms with Crippen LogP contribution in [-0.2, 0) is 11.2 Å². The van der Waals surface area contributed by atoms with E-state index in [9.17, 15) is 9.90 Å². The maximum absolute atomic E-state index is 11.4. The van der Waals surface area contributed by atoms with E-state index in [1.54, 1.807) is 0 Å². The van der Waals surface area contributed by atoms with Gasteiger partial charge in [0, 0.05) is 19.1 Å². The first-order valence-electron chi connectivity index (χ1n) is 7.40. The van der Waals surface area contributed by atoms with E-state index in [0.717, 1.165) is 18.5 Å². The highest BCUT2D eigenvalue weighted by Gasteiger charge is 2.39. The third-order valence-electron chi connectivity index (χ3n) is 4.40. The summed E-state index contributed by atoms with van der Waals surface area (Å²) in [5.41, 5.74) is 12.2. The second-order valence-electron chi connectivity index (χ2n) is 6.33. The molecule has 5 N–H and O–H groups in total. The Kier molecular flexibility index (Phi) is 4.98. The number of aliphatic hydroxyl groups excluding tert-OH is 1. The first-order chi connectivity index (χ1) is 9.90. The number of amides is 1. The molecule has 116 valence electrons. The number of nitrogens with two attached hydrogens (primary N) is 2. The Morgan fingerprint density at radius 2 is 2.10 bits per heavy atom. The van der Waals surface area contributed by atoms with Crippen molar-refractivity contribution in [2.75, 3.05) is 19.6 Å². The molecular weight excluding hydrogens is 266 g/mol. The minimum absolute atomic E-state index is 0.270. The molecule has 1 aliphatic rings. The smallest absolute Gasteiger partial charge is 0.224 e. The van der Waals surface area contributed by atoms with Gasteiger partial charge in [0.05, 0.1) is 11.5 Å². The van der Waals surface area contributed by atoms with Crippen LogP contribution in [-0.4, -0.2) is 47.7 Å². The summed E-state index contributed by atoms with van der Waals surface area (Å²) in [5, 5.41) is 10.3. The Balaban J connectivity index is 1.84. The van der Waals surface area contributed by atoms with E-state index in [4.69, 9.17) is 11.5 Å². The van der Waals surface area contributed by atoms with Gasteiger partial charge in [-0.25, -0.2) is 0 Å². The normalized spacial score (nSPS) is 25.7. The molecule has 5 heteroatoms. The standard InChI is InChI=1S/C16H25N3O2/c1-16(15(18)21)7-8-19(11-16)10-14(20)13(17)9-12-5-3-2-4-6-12/h2-6,13-14,20H,7-11,17H2,1H3,(H2,18,21). The number of hydrogen-bond acceptors (Lipinski definition) is 4. The molecule has 0 aliphatic carbocycles. The second-order valence-corrected chi connectivity index (χ2v) is 6.33. The van der Waals surface area contributed by atoms with Crippen molar-refractivity contribution in [3.8, 4) is 0 Å². The molecule has 1 fully saturated rings. The van der Waals surface area contributed by atoms with Crippen LogP contribution in [0.5, 0.6) is 0 Å². The largest absolute Gasteiger partial charge is 0.390 e. The summed E-state index contributed by atoms with van der Waals surface area (Å²) >= 11 is 0. The molecule has 0 radical (unpaired) electrons. The number of β-amino-alcohol motifs (C(OH)–C–C–N with tert-alkyl or cyclic N) is 1. The van der Waals surface area contributed by atoms with E-state index in [1.807, 2.05) is 37.3 Å². The van der Waals surface area contributed by atoms with Crippen LogP contribution in [0.1, 0.15) is 18.9 Å². The Morgan fingerprint density at radius 3 is 2.67 bits per heavy atom. The summed E-state index contributed by atoms with van der Waals surface area (Å²) in [6.45, 7) is 3.73. The van der Waals surface area contributed by atoms with E-state index in [-0.39, 0.29) is 11.9 Å². The maximum atomic E-state index is 11.4. The zero-order valence-electron chi connectivity index (χ0n) is 12.5. The van der Waals surface area contributed by atoms with Crippen molar-refractivity contribution in [1.29, 1.82) is 0 Å². The first kappa shape index (κ1) is 15.9. The molecule has 1 aromatic carbocycles. The molecule has 0 spiro atoms.